The first-order valence-electron chi connectivity index (χ1n) is 8.31. The zero-order chi connectivity index (χ0) is 17.1. The van der Waals surface area contributed by atoms with Crippen molar-refractivity contribution in [2.24, 2.45) is 0 Å². The molecular weight excluding hydrogens is 292 g/mol. The van der Waals surface area contributed by atoms with Gasteiger partial charge in [0.05, 0.1) is 5.69 Å². The van der Waals surface area contributed by atoms with E-state index in [4.69, 9.17) is 4.74 Å². The van der Waals surface area contributed by atoms with Crippen LogP contribution in [-0.2, 0) is 9.59 Å². The molecule has 0 heterocycles. The summed E-state index contributed by atoms with van der Waals surface area (Å²) in [4.78, 5) is 23.1. The van der Waals surface area contributed by atoms with Gasteiger partial charge in [-0.2, -0.15) is 0 Å². The van der Waals surface area contributed by atoms with Gasteiger partial charge in [0.25, 0.3) is 5.91 Å². The lowest BCUT2D eigenvalue weighted by atomic mass is 10.1. The summed E-state index contributed by atoms with van der Waals surface area (Å²) in [5, 5.41) is 5.62. The average Bonchev–Trinajstić information content (AvgIpc) is 2.50. The van der Waals surface area contributed by atoms with E-state index in [1.54, 1.807) is 24.3 Å². The van der Waals surface area contributed by atoms with E-state index in [0.29, 0.717) is 11.4 Å². The first kappa shape index (κ1) is 19.0. The molecule has 128 valence electrons. The van der Waals surface area contributed by atoms with Gasteiger partial charge < -0.3 is 15.4 Å². The van der Waals surface area contributed by atoms with Crippen molar-refractivity contribution in [1.82, 2.24) is 5.32 Å². The highest BCUT2D eigenvalue weighted by atomic mass is 16.5. The summed E-state index contributed by atoms with van der Waals surface area (Å²) in [6.07, 6.45) is 5.76. The summed E-state index contributed by atoms with van der Waals surface area (Å²) in [5.41, 5.74) is 0.570. The number of hydrogen-bond donors (Lipinski definition) is 2. The number of anilines is 1. The van der Waals surface area contributed by atoms with Crippen molar-refractivity contribution in [3.05, 3.63) is 24.3 Å². The van der Waals surface area contributed by atoms with Gasteiger partial charge in [-0.25, -0.2) is 0 Å². The normalized spacial score (nSPS) is 11.6. The number of ether oxygens (including phenoxy) is 1. The van der Waals surface area contributed by atoms with Crippen molar-refractivity contribution >= 4 is 17.5 Å². The first-order chi connectivity index (χ1) is 11.0. The standard InChI is InChI=1S/C18H28N2O3/c1-4-5-6-7-10-14(2)19-18(22)13-23-17-12-9-8-11-16(17)20-15(3)21/h8-9,11-12,14H,4-7,10,13H2,1-3H3,(H,19,22)(H,20,21)/t14-/m1/s1. The Kier molecular flexibility index (Phi) is 8.80. The molecule has 0 bridgehead atoms. The molecule has 0 aliphatic heterocycles. The Labute approximate surface area is 138 Å². The van der Waals surface area contributed by atoms with E-state index < -0.39 is 0 Å². The minimum Gasteiger partial charge on any atom is -0.482 e. The van der Waals surface area contributed by atoms with Gasteiger partial charge in [-0.05, 0) is 25.5 Å². The van der Waals surface area contributed by atoms with E-state index in [1.807, 2.05) is 6.92 Å². The number of para-hydroxylation sites is 2. The summed E-state index contributed by atoms with van der Waals surface area (Å²) in [6.45, 7) is 5.57. The zero-order valence-electron chi connectivity index (χ0n) is 14.4. The number of carbonyl (C=O) groups is 2. The van der Waals surface area contributed by atoms with Crippen LogP contribution >= 0.6 is 0 Å². The summed E-state index contributed by atoms with van der Waals surface area (Å²) >= 11 is 0. The van der Waals surface area contributed by atoms with Crippen molar-refractivity contribution in [3.8, 4) is 5.75 Å². The molecule has 0 radical (unpaired) electrons. The van der Waals surface area contributed by atoms with Crippen molar-refractivity contribution in [2.75, 3.05) is 11.9 Å². The maximum atomic E-state index is 11.9. The molecule has 0 unspecified atom stereocenters. The van der Waals surface area contributed by atoms with E-state index >= 15 is 0 Å². The number of carbonyl (C=O) groups excluding carboxylic acids is 2. The molecule has 0 saturated carbocycles. The number of nitrogens with one attached hydrogen (secondary N) is 2. The van der Waals surface area contributed by atoms with Crippen LogP contribution in [0, 0.1) is 0 Å². The quantitative estimate of drug-likeness (QED) is 0.648. The molecule has 0 saturated heterocycles. The van der Waals surface area contributed by atoms with E-state index in [-0.39, 0.29) is 24.5 Å². The second kappa shape index (κ2) is 10.6. The number of benzene rings is 1. The molecule has 23 heavy (non-hydrogen) atoms. The van der Waals surface area contributed by atoms with Crippen molar-refractivity contribution in [2.45, 2.75) is 58.9 Å². The number of hydrogen-bond acceptors (Lipinski definition) is 3. The molecule has 0 aliphatic carbocycles. The second-order valence-corrected chi connectivity index (χ2v) is 5.78. The van der Waals surface area contributed by atoms with Crippen LogP contribution in [0.3, 0.4) is 0 Å². The summed E-state index contributed by atoms with van der Waals surface area (Å²) in [6, 6.07) is 7.22. The molecule has 1 rings (SSSR count). The number of amides is 2. The van der Waals surface area contributed by atoms with Crippen LogP contribution in [0.25, 0.3) is 0 Å². The lowest BCUT2D eigenvalue weighted by Gasteiger charge is -2.15. The molecule has 1 atom stereocenters. The third-order valence-electron chi connectivity index (χ3n) is 3.45. The van der Waals surface area contributed by atoms with Gasteiger partial charge in [0.1, 0.15) is 5.75 Å². The minimum atomic E-state index is -0.175. The Hall–Kier alpha value is -2.04. The molecule has 5 nitrogen and oxygen atoms in total. The molecule has 0 aromatic heterocycles. The van der Waals surface area contributed by atoms with E-state index in [0.717, 1.165) is 12.8 Å². The highest BCUT2D eigenvalue weighted by molar-refractivity contribution is 5.90. The fourth-order valence-corrected chi connectivity index (χ4v) is 2.29. The van der Waals surface area contributed by atoms with Crippen molar-refractivity contribution < 1.29 is 14.3 Å². The Bertz CT molecular complexity index is 503. The molecular formula is C18H28N2O3. The minimum absolute atomic E-state index is 0.0596. The third-order valence-corrected chi connectivity index (χ3v) is 3.45. The van der Waals surface area contributed by atoms with Gasteiger partial charge in [0.15, 0.2) is 6.61 Å². The van der Waals surface area contributed by atoms with Crippen LogP contribution in [0.1, 0.15) is 52.9 Å². The molecule has 1 aromatic carbocycles. The van der Waals surface area contributed by atoms with Crippen molar-refractivity contribution in [3.63, 3.8) is 0 Å². The van der Waals surface area contributed by atoms with Gasteiger partial charge in [-0.15, -0.1) is 0 Å². The van der Waals surface area contributed by atoms with E-state index in [2.05, 4.69) is 17.6 Å². The predicted octanol–water partition coefficient (Wildman–Crippen LogP) is 3.50. The molecule has 5 heteroatoms. The van der Waals surface area contributed by atoms with Gasteiger partial charge in [-0.1, -0.05) is 44.7 Å². The topological polar surface area (TPSA) is 67.4 Å². The van der Waals surface area contributed by atoms with E-state index in [1.165, 1.54) is 26.2 Å². The number of unbranched alkanes of at least 4 members (excludes halogenated alkanes) is 3. The van der Waals surface area contributed by atoms with Gasteiger partial charge in [0, 0.05) is 13.0 Å². The van der Waals surface area contributed by atoms with Gasteiger partial charge in [-0.3, -0.25) is 9.59 Å². The maximum absolute atomic E-state index is 11.9. The Morgan fingerprint density at radius 2 is 1.91 bits per heavy atom. The van der Waals surface area contributed by atoms with Crippen LogP contribution in [-0.4, -0.2) is 24.5 Å². The second-order valence-electron chi connectivity index (χ2n) is 5.78. The van der Waals surface area contributed by atoms with Crippen LogP contribution in [0.5, 0.6) is 5.75 Å². The van der Waals surface area contributed by atoms with Gasteiger partial charge >= 0.3 is 0 Å². The maximum Gasteiger partial charge on any atom is 0.258 e. The lowest BCUT2D eigenvalue weighted by molar-refractivity contribution is -0.123. The van der Waals surface area contributed by atoms with Gasteiger partial charge in [0.2, 0.25) is 5.91 Å². The third kappa shape index (κ3) is 8.24. The smallest absolute Gasteiger partial charge is 0.258 e. The Morgan fingerprint density at radius 1 is 1.17 bits per heavy atom. The fraction of sp³-hybridized carbons (Fsp3) is 0.556. The number of rotatable bonds is 10. The molecule has 2 N–H and O–H groups in total. The lowest BCUT2D eigenvalue weighted by Crippen LogP contribution is -2.36. The Morgan fingerprint density at radius 3 is 2.61 bits per heavy atom. The zero-order valence-corrected chi connectivity index (χ0v) is 14.4. The molecule has 2 amide bonds. The fourth-order valence-electron chi connectivity index (χ4n) is 2.29. The SMILES string of the molecule is CCCCCC[C@@H](C)NC(=O)COc1ccccc1NC(C)=O. The summed E-state index contributed by atoms with van der Waals surface area (Å²) < 4.78 is 5.52. The predicted molar refractivity (Wildman–Crippen MR) is 92.6 cm³/mol. The monoisotopic (exact) mass is 320 g/mol. The Balaban J connectivity index is 2.37. The van der Waals surface area contributed by atoms with Crippen LogP contribution in [0.4, 0.5) is 5.69 Å². The highest BCUT2D eigenvalue weighted by Gasteiger charge is 2.10. The molecule has 0 spiro atoms. The molecule has 0 aliphatic rings. The van der Waals surface area contributed by atoms with Crippen LogP contribution in [0.2, 0.25) is 0 Å². The highest BCUT2D eigenvalue weighted by Crippen LogP contribution is 2.23. The summed E-state index contributed by atoms with van der Waals surface area (Å²) in [7, 11) is 0. The van der Waals surface area contributed by atoms with Crippen LogP contribution in [0.15, 0.2) is 24.3 Å². The van der Waals surface area contributed by atoms with Crippen molar-refractivity contribution in [1.29, 1.82) is 0 Å². The van der Waals surface area contributed by atoms with E-state index in [9.17, 15) is 9.59 Å². The largest absolute Gasteiger partial charge is 0.482 e. The van der Waals surface area contributed by atoms with Crippen LogP contribution < -0.4 is 15.4 Å². The molecule has 1 aromatic rings. The summed E-state index contributed by atoms with van der Waals surface area (Å²) in [5.74, 6) is 0.172. The molecule has 0 fully saturated rings. The first-order valence-corrected chi connectivity index (χ1v) is 8.31. The average molecular weight is 320 g/mol.